The van der Waals surface area contributed by atoms with Crippen LogP contribution in [0.4, 0.5) is 0 Å². The van der Waals surface area contributed by atoms with Gasteiger partial charge in [-0.05, 0) is 44.7 Å². The summed E-state index contributed by atoms with van der Waals surface area (Å²) in [6, 6.07) is 11.1. The Morgan fingerprint density at radius 1 is 1.33 bits per heavy atom. The molecule has 0 bridgehead atoms. The van der Waals surface area contributed by atoms with Crippen LogP contribution in [0.15, 0.2) is 35.5 Å². The van der Waals surface area contributed by atoms with Crippen LogP contribution in [-0.2, 0) is 6.42 Å². The Balaban J connectivity index is 2.18. The van der Waals surface area contributed by atoms with Gasteiger partial charge in [0.1, 0.15) is 5.84 Å². The summed E-state index contributed by atoms with van der Waals surface area (Å²) in [5.41, 5.74) is 6.83. The van der Waals surface area contributed by atoms with Gasteiger partial charge in [0.25, 0.3) is 0 Å². The van der Waals surface area contributed by atoms with Gasteiger partial charge in [-0.2, -0.15) is 0 Å². The average Bonchev–Trinajstić information content (AvgIpc) is 2.49. The fourth-order valence-electron chi connectivity index (χ4n) is 2.27. The number of hydrogen-bond donors (Lipinski definition) is 3. The molecule has 0 radical (unpaired) electrons. The van der Waals surface area contributed by atoms with Crippen molar-refractivity contribution in [1.29, 1.82) is 0 Å². The lowest BCUT2D eigenvalue weighted by atomic mass is 9.86. The first kappa shape index (κ1) is 17.5. The maximum absolute atomic E-state index is 8.74. The Morgan fingerprint density at radius 3 is 2.62 bits per heavy atom. The van der Waals surface area contributed by atoms with Crippen molar-refractivity contribution < 1.29 is 5.21 Å². The van der Waals surface area contributed by atoms with E-state index in [2.05, 4.69) is 41.7 Å². The van der Waals surface area contributed by atoms with E-state index in [0.717, 1.165) is 32.2 Å². The second-order valence-electron chi connectivity index (χ2n) is 6.35. The molecule has 4 N–H and O–H groups in total. The summed E-state index contributed by atoms with van der Waals surface area (Å²) in [5.74, 6) is 0.305. The Labute approximate surface area is 128 Å². The number of nitrogens with one attached hydrogen (secondary N) is 1. The first-order valence-electron chi connectivity index (χ1n) is 7.71. The second kappa shape index (κ2) is 8.67. The fraction of sp³-hybridized carbons (Fsp3) is 0.588. The van der Waals surface area contributed by atoms with Crippen molar-refractivity contribution in [2.75, 3.05) is 6.54 Å². The van der Waals surface area contributed by atoms with Crippen molar-refractivity contribution in [3.05, 3.63) is 35.9 Å². The molecule has 4 nitrogen and oxygen atoms in total. The molecule has 21 heavy (non-hydrogen) atoms. The van der Waals surface area contributed by atoms with Gasteiger partial charge in [0, 0.05) is 11.5 Å². The second-order valence-corrected chi connectivity index (χ2v) is 6.35. The first-order valence-corrected chi connectivity index (χ1v) is 7.71. The Bertz CT molecular complexity index is 429. The zero-order valence-corrected chi connectivity index (χ0v) is 13.5. The van der Waals surface area contributed by atoms with E-state index in [9.17, 15) is 0 Å². The molecule has 1 unspecified atom stereocenters. The number of oxime groups is 1. The molecule has 1 aromatic carbocycles. The van der Waals surface area contributed by atoms with Crippen molar-refractivity contribution in [1.82, 2.24) is 5.32 Å². The van der Waals surface area contributed by atoms with Gasteiger partial charge >= 0.3 is 0 Å². The molecule has 0 aliphatic rings. The lowest BCUT2D eigenvalue weighted by Gasteiger charge is -2.23. The van der Waals surface area contributed by atoms with Gasteiger partial charge in [0.15, 0.2) is 0 Å². The molecule has 0 spiro atoms. The van der Waals surface area contributed by atoms with Gasteiger partial charge in [-0.15, -0.1) is 0 Å². The van der Waals surface area contributed by atoms with Crippen LogP contribution in [0.5, 0.6) is 0 Å². The summed E-state index contributed by atoms with van der Waals surface area (Å²) in [7, 11) is 0. The molecule has 0 fully saturated rings. The Morgan fingerprint density at radius 2 is 2.00 bits per heavy atom. The van der Waals surface area contributed by atoms with Gasteiger partial charge in [-0.25, -0.2) is 0 Å². The van der Waals surface area contributed by atoms with Crippen molar-refractivity contribution in [3.63, 3.8) is 0 Å². The summed E-state index contributed by atoms with van der Waals surface area (Å²) >= 11 is 0. The summed E-state index contributed by atoms with van der Waals surface area (Å²) < 4.78 is 0. The maximum Gasteiger partial charge on any atom is 0.144 e. The third-order valence-corrected chi connectivity index (χ3v) is 3.98. The van der Waals surface area contributed by atoms with Crippen LogP contribution in [0.1, 0.15) is 45.6 Å². The third kappa shape index (κ3) is 6.63. The molecular formula is C17H29N3O. The van der Waals surface area contributed by atoms with E-state index in [1.165, 1.54) is 5.56 Å². The van der Waals surface area contributed by atoms with E-state index >= 15 is 0 Å². The van der Waals surface area contributed by atoms with Crippen LogP contribution in [0.3, 0.4) is 0 Å². The first-order chi connectivity index (χ1) is 9.95. The average molecular weight is 291 g/mol. The summed E-state index contributed by atoms with van der Waals surface area (Å²) in [6.07, 6.45) is 4.15. The minimum absolute atomic E-state index is 0.246. The van der Waals surface area contributed by atoms with E-state index in [1.54, 1.807) is 0 Å². The number of rotatable bonds is 9. The molecule has 118 valence electrons. The van der Waals surface area contributed by atoms with Crippen LogP contribution in [0.2, 0.25) is 0 Å². The maximum atomic E-state index is 8.74. The van der Waals surface area contributed by atoms with Gasteiger partial charge < -0.3 is 16.3 Å². The largest absolute Gasteiger partial charge is 0.409 e. The Hall–Kier alpha value is -1.55. The molecule has 0 saturated carbocycles. The quantitative estimate of drug-likeness (QED) is 0.215. The van der Waals surface area contributed by atoms with Crippen LogP contribution in [0, 0.1) is 5.41 Å². The minimum atomic E-state index is -0.246. The number of nitrogens with zero attached hydrogens (tertiary/aromatic N) is 1. The van der Waals surface area contributed by atoms with E-state index in [1.807, 2.05) is 19.9 Å². The highest BCUT2D eigenvalue weighted by Gasteiger charge is 2.22. The predicted octanol–water partition coefficient (Wildman–Crippen LogP) is 3.15. The third-order valence-electron chi connectivity index (χ3n) is 3.98. The smallest absolute Gasteiger partial charge is 0.144 e. The highest BCUT2D eigenvalue weighted by Crippen LogP contribution is 2.21. The van der Waals surface area contributed by atoms with Crippen LogP contribution in [0.25, 0.3) is 0 Å². The SMILES string of the molecule is CC(CCc1ccccc1)NCCCC(C)(C)C(N)=NO. The van der Waals surface area contributed by atoms with Crippen LogP contribution >= 0.6 is 0 Å². The van der Waals surface area contributed by atoms with E-state index in [4.69, 9.17) is 10.9 Å². The number of nitrogens with two attached hydrogens (primary N) is 1. The van der Waals surface area contributed by atoms with Gasteiger partial charge in [-0.1, -0.05) is 49.3 Å². The molecule has 1 rings (SSSR count). The molecule has 0 heterocycles. The van der Waals surface area contributed by atoms with E-state index < -0.39 is 0 Å². The number of benzene rings is 1. The number of amidine groups is 1. The number of aryl methyl sites for hydroxylation is 1. The van der Waals surface area contributed by atoms with Gasteiger partial charge in [0.05, 0.1) is 0 Å². The molecule has 1 aromatic rings. The Kier molecular flexibility index (Phi) is 7.23. The van der Waals surface area contributed by atoms with Crippen LogP contribution in [-0.4, -0.2) is 23.6 Å². The van der Waals surface area contributed by atoms with Crippen molar-refractivity contribution in [3.8, 4) is 0 Å². The topological polar surface area (TPSA) is 70.6 Å². The highest BCUT2D eigenvalue weighted by atomic mass is 16.4. The number of hydrogen-bond acceptors (Lipinski definition) is 3. The lowest BCUT2D eigenvalue weighted by molar-refractivity contribution is 0.304. The summed E-state index contributed by atoms with van der Waals surface area (Å²) in [4.78, 5) is 0. The van der Waals surface area contributed by atoms with Crippen molar-refractivity contribution in [2.45, 2.75) is 52.5 Å². The molecule has 0 amide bonds. The molecule has 0 aromatic heterocycles. The normalized spacial score (nSPS) is 14.1. The molecule has 0 aliphatic carbocycles. The molecule has 1 atom stereocenters. The zero-order valence-electron chi connectivity index (χ0n) is 13.5. The lowest BCUT2D eigenvalue weighted by Crippen LogP contribution is -2.33. The molecule has 4 heteroatoms. The molecular weight excluding hydrogens is 262 g/mol. The van der Waals surface area contributed by atoms with Gasteiger partial charge in [-0.3, -0.25) is 0 Å². The fourth-order valence-corrected chi connectivity index (χ4v) is 2.27. The van der Waals surface area contributed by atoms with Crippen LogP contribution < -0.4 is 11.1 Å². The monoisotopic (exact) mass is 291 g/mol. The summed E-state index contributed by atoms with van der Waals surface area (Å²) in [5, 5.41) is 15.4. The predicted molar refractivity (Wildman–Crippen MR) is 88.7 cm³/mol. The minimum Gasteiger partial charge on any atom is -0.409 e. The summed E-state index contributed by atoms with van der Waals surface area (Å²) in [6.45, 7) is 7.18. The zero-order chi connectivity index (χ0) is 15.7. The standard InChI is InChI=1S/C17H29N3O/c1-14(10-11-15-8-5-4-6-9-15)19-13-7-12-17(2,3)16(18)20-21/h4-6,8-9,14,19,21H,7,10-13H2,1-3H3,(H2,18,20). The van der Waals surface area contributed by atoms with Crippen molar-refractivity contribution >= 4 is 5.84 Å². The van der Waals surface area contributed by atoms with E-state index in [-0.39, 0.29) is 5.41 Å². The van der Waals surface area contributed by atoms with E-state index in [0.29, 0.717) is 11.9 Å². The highest BCUT2D eigenvalue weighted by molar-refractivity contribution is 5.85. The van der Waals surface area contributed by atoms with Gasteiger partial charge in [0.2, 0.25) is 0 Å². The van der Waals surface area contributed by atoms with Crippen molar-refractivity contribution in [2.24, 2.45) is 16.3 Å². The molecule has 0 aliphatic heterocycles. The molecule has 0 saturated heterocycles.